The number of anilines is 1. The van der Waals surface area contributed by atoms with Crippen LogP contribution in [0.25, 0.3) is 0 Å². The molecule has 0 atom stereocenters. The number of nitrogens with zero attached hydrogens (tertiary/aromatic N) is 2. The first-order valence-electron chi connectivity index (χ1n) is 8.09. The zero-order valence-electron chi connectivity index (χ0n) is 15.6. The lowest BCUT2D eigenvalue weighted by Crippen LogP contribution is -2.27. The molecule has 2 rings (SSSR count). The molecule has 0 radical (unpaired) electrons. The second kappa shape index (κ2) is 9.07. The Kier molecular flexibility index (Phi) is 7.03. The Morgan fingerprint density at radius 1 is 1.21 bits per heavy atom. The van der Waals surface area contributed by atoms with Crippen molar-refractivity contribution in [3.63, 3.8) is 0 Å². The van der Waals surface area contributed by atoms with Crippen molar-refractivity contribution in [2.75, 3.05) is 31.1 Å². The van der Waals surface area contributed by atoms with Gasteiger partial charge in [-0.25, -0.2) is 8.42 Å². The maximum absolute atomic E-state index is 12.3. The van der Waals surface area contributed by atoms with Crippen LogP contribution >= 0.6 is 11.8 Å². The second-order valence-electron chi connectivity index (χ2n) is 5.97. The summed E-state index contributed by atoms with van der Waals surface area (Å²) >= 11 is 1.33. The molecule has 0 spiro atoms. The number of nitro benzene ring substituents is 1. The van der Waals surface area contributed by atoms with Crippen molar-refractivity contribution in [3.05, 3.63) is 58.1 Å². The topological polar surface area (TPSA) is 107 Å². The minimum Gasteiger partial charge on any atom is -0.490 e. The summed E-state index contributed by atoms with van der Waals surface area (Å²) < 4.78 is 28.0. The predicted octanol–water partition coefficient (Wildman–Crippen LogP) is 2.90. The lowest BCUT2D eigenvalue weighted by Gasteiger charge is -2.17. The molecular formula is C18H20N2O6S2. The van der Waals surface area contributed by atoms with E-state index in [1.807, 2.05) is 0 Å². The Hall–Kier alpha value is -2.59. The van der Waals surface area contributed by atoms with E-state index in [2.05, 4.69) is 0 Å². The molecule has 2 aromatic carbocycles. The van der Waals surface area contributed by atoms with Gasteiger partial charge >= 0.3 is 5.69 Å². The van der Waals surface area contributed by atoms with Gasteiger partial charge in [-0.3, -0.25) is 14.9 Å². The molecule has 1 amide bonds. The first kappa shape index (κ1) is 21.7. The van der Waals surface area contributed by atoms with E-state index in [-0.39, 0.29) is 28.0 Å². The minimum atomic E-state index is -3.29. The zero-order valence-corrected chi connectivity index (χ0v) is 17.2. The molecule has 28 heavy (non-hydrogen) atoms. The molecule has 0 unspecified atom stereocenters. The summed E-state index contributed by atoms with van der Waals surface area (Å²) in [5.41, 5.74) is 1.18. The number of benzene rings is 2. The summed E-state index contributed by atoms with van der Waals surface area (Å²) in [5, 5.41) is 11.1. The maximum Gasteiger partial charge on any atom is 0.311 e. The van der Waals surface area contributed by atoms with Crippen LogP contribution in [0.15, 0.2) is 47.4 Å². The Morgan fingerprint density at radius 3 is 2.39 bits per heavy atom. The van der Waals surface area contributed by atoms with Gasteiger partial charge in [-0.05, 0) is 35.9 Å². The number of nitro groups is 1. The minimum absolute atomic E-state index is 0.116. The zero-order chi connectivity index (χ0) is 20.9. The normalized spacial score (nSPS) is 11.1. The molecule has 0 aromatic heterocycles. The first-order chi connectivity index (χ1) is 13.1. The molecule has 0 aliphatic heterocycles. The van der Waals surface area contributed by atoms with Crippen molar-refractivity contribution in [3.8, 4) is 5.75 Å². The number of hydrogen-bond acceptors (Lipinski definition) is 7. The van der Waals surface area contributed by atoms with Crippen LogP contribution in [0.1, 0.15) is 5.56 Å². The highest BCUT2D eigenvalue weighted by Gasteiger charge is 2.16. The summed E-state index contributed by atoms with van der Waals surface area (Å²) in [5.74, 6) is 0.619. The first-order valence-corrected chi connectivity index (χ1v) is 11.1. The number of thioether (sulfide) groups is 1. The summed E-state index contributed by atoms with van der Waals surface area (Å²) in [6.07, 6.45) is 1.12. The van der Waals surface area contributed by atoms with Crippen molar-refractivity contribution in [2.45, 2.75) is 10.6 Å². The fourth-order valence-electron chi connectivity index (χ4n) is 2.38. The van der Waals surface area contributed by atoms with Gasteiger partial charge in [-0.2, -0.15) is 0 Å². The van der Waals surface area contributed by atoms with E-state index in [1.54, 1.807) is 25.2 Å². The largest absolute Gasteiger partial charge is 0.490 e. The van der Waals surface area contributed by atoms with Crippen LogP contribution in [0.3, 0.4) is 0 Å². The second-order valence-corrected chi connectivity index (χ2v) is 8.98. The van der Waals surface area contributed by atoms with E-state index in [4.69, 9.17) is 4.74 Å². The SMILES string of the molecule is COc1ccc(CSCC(=O)N(C)c2ccc(S(C)(=O)=O)cc2)cc1[N+](=O)[O-]. The number of carbonyl (C=O) groups is 1. The van der Waals surface area contributed by atoms with Gasteiger partial charge in [0, 0.05) is 30.8 Å². The summed E-state index contributed by atoms with van der Waals surface area (Å²) in [7, 11) is -0.313. The molecular weight excluding hydrogens is 404 g/mol. The lowest BCUT2D eigenvalue weighted by molar-refractivity contribution is -0.385. The number of amides is 1. The predicted molar refractivity (Wildman–Crippen MR) is 109 cm³/mol. The Morgan fingerprint density at radius 2 is 1.86 bits per heavy atom. The molecule has 0 heterocycles. The van der Waals surface area contributed by atoms with Gasteiger partial charge in [0.25, 0.3) is 0 Å². The van der Waals surface area contributed by atoms with E-state index in [0.717, 1.165) is 6.26 Å². The Bertz CT molecular complexity index is 974. The molecule has 2 aromatic rings. The molecule has 10 heteroatoms. The van der Waals surface area contributed by atoms with Gasteiger partial charge in [-0.1, -0.05) is 6.07 Å². The molecule has 0 saturated carbocycles. The van der Waals surface area contributed by atoms with Crippen LogP contribution in [0.4, 0.5) is 11.4 Å². The summed E-state index contributed by atoms with van der Waals surface area (Å²) in [4.78, 5) is 24.5. The number of hydrogen-bond donors (Lipinski definition) is 0. The van der Waals surface area contributed by atoms with Gasteiger partial charge in [0.15, 0.2) is 15.6 Å². The highest BCUT2D eigenvalue weighted by atomic mass is 32.2. The van der Waals surface area contributed by atoms with Crippen LogP contribution in [0.2, 0.25) is 0 Å². The fourth-order valence-corrected chi connectivity index (χ4v) is 3.90. The highest BCUT2D eigenvalue weighted by molar-refractivity contribution is 7.99. The van der Waals surface area contributed by atoms with Crippen molar-refractivity contribution in [2.24, 2.45) is 0 Å². The highest BCUT2D eigenvalue weighted by Crippen LogP contribution is 2.29. The molecule has 0 aliphatic carbocycles. The summed E-state index contributed by atoms with van der Waals surface area (Å²) in [6, 6.07) is 10.7. The molecule has 8 nitrogen and oxygen atoms in total. The van der Waals surface area contributed by atoms with Crippen LogP contribution in [0.5, 0.6) is 5.75 Å². The average molecular weight is 425 g/mol. The molecule has 150 valence electrons. The van der Waals surface area contributed by atoms with Crippen LogP contribution < -0.4 is 9.64 Å². The number of rotatable bonds is 8. The van der Waals surface area contributed by atoms with Crippen molar-refractivity contribution in [1.29, 1.82) is 0 Å². The number of sulfone groups is 1. The fraction of sp³-hybridized carbons (Fsp3) is 0.278. The van der Waals surface area contributed by atoms with E-state index in [0.29, 0.717) is 17.0 Å². The third-order valence-corrected chi connectivity index (χ3v) is 6.08. The van der Waals surface area contributed by atoms with E-state index < -0.39 is 14.8 Å². The molecule has 0 N–H and O–H groups in total. The maximum atomic E-state index is 12.3. The third-order valence-electron chi connectivity index (χ3n) is 3.96. The van der Waals surface area contributed by atoms with Crippen molar-refractivity contribution in [1.82, 2.24) is 0 Å². The van der Waals surface area contributed by atoms with Crippen molar-refractivity contribution >= 4 is 38.9 Å². The number of ether oxygens (including phenoxy) is 1. The number of carbonyl (C=O) groups excluding carboxylic acids is 1. The van der Waals surface area contributed by atoms with Crippen LogP contribution in [-0.2, 0) is 20.4 Å². The van der Waals surface area contributed by atoms with Crippen LogP contribution in [-0.4, -0.2) is 45.4 Å². The van der Waals surface area contributed by atoms with Gasteiger partial charge < -0.3 is 9.64 Å². The molecule has 0 bridgehead atoms. The van der Waals surface area contributed by atoms with Gasteiger partial charge in [0.05, 0.1) is 22.7 Å². The standard InChI is InChI=1S/C18H20N2O6S2/c1-19(14-5-7-15(8-6-14)28(3,24)25)18(21)12-27-11-13-4-9-17(26-2)16(10-13)20(22)23/h4-10H,11-12H2,1-3H3. The van der Waals surface area contributed by atoms with Crippen molar-refractivity contribution < 1.29 is 22.9 Å². The molecule has 0 aliphatic rings. The Labute approximate surface area is 167 Å². The van der Waals surface area contributed by atoms with Gasteiger partial charge in [-0.15, -0.1) is 11.8 Å². The smallest absolute Gasteiger partial charge is 0.311 e. The monoisotopic (exact) mass is 424 g/mol. The summed E-state index contributed by atoms with van der Waals surface area (Å²) in [6.45, 7) is 0. The quantitative estimate of drug-likeness (QED) is 0.474. The molecule has 0 saturated heterocycles. The lowest BCUT2D eigenvalue weighted by atomic mass is 10.2. The van der Waals surface area contributed by atoms with E-state index >= 15 is 0 Å². The van der Waals surface area contributed by atoms with Gasteiger partial charge in [0.2, 0.25) is 5.91 Å². The van der Waals surface area contributed by atoms with E-state index in [1.165, 1.54) is 48.0 Å². The Balaban J connectivity index is 1.97. The average Bonchev–Trinajstić information content (AvgIpc) is 2.66. The number of methoxy groups -OCH3 is 1. The molecule has 0 fully saturated rings. The third kappa shape index (κ3) is 5.46. The van der Waals surface area contributed by atoms with Gasteiger partial charge in [0.1, 0.15) is 0 Å². The van der Waals surface area contributed by atoms with E-state index in [9.17, 15) is 23.3 Å². The van der Waals surface area contributed by atoms with Crippen LogP contribution in [0, 0.1) is 10.1 Å².